The molecule has 0 atom stereocenters. The van der Waals surface area contributed by atoms with Crippen LogP contribution in [0.5, 0.6) is 0 Å². The molecule has 0 aliphatic carbocycles. The van der Waals surface area contributed by atoms with Gasteiger partial charge in [-0.1, -0.05) is 78.9 Å². The fraction of sp³-hybridized carbons (Fsp3) is 0.125. The molecule has 0 fully saturated rings. The number of carbonyl (C=O) groups is 1. The highest BCUT2D eigenvalue weighted by Gasteiger charge is 2.13. The molecule has 1 amide bonds. The van der Waals surface area contributed by atoms with E-state index >= 15 is 0 Å². The molecule has 27 heavy (non-hydrogen) atoms. The van der Waals surface area contributed by atoms with Crippen molar-refractivity contribution >= 4 is 12.0 Å². The molecular formula is C24H22FNO. The Hall–Kier alpha value is -3.20. The van der Waals surface area contributed by atoms with Crippen LogP contribution in [0.15, 0.2) is 91.0 Å². The monoisotopic (exact) mass is 359 g/mol. The molecule has 0 saturated heterocycles. The maximum Gasteiger partial charge on any atom is 0.244 e. The highest BCUT2D eigenvalue weighted by atomic mass is 19.1. The predicted octanol–water partition coefficient (Wildman–Crippen LogP) is 5.18. The van der Waals surface area contributed by atoms with Gasteiger partial charge in [0.25, 0.3) is 0 Å². The Morgan fingerprint density at radius 3 is 2.00 bits per heavy atom. The summed E-state index contributed by atoms with van der Waals surface area (Å²) in [7, 11) is 0. The maximum atomic E-state index is 13.6. The molecule has 136 valence electrons. The summed E-state index contributed by atoms with van der Waals surface area (Å²) in [6, 6.07) is 26.9. The summed E-state index contributed by atoms with van der Waals surface area (Å²) in [6.45, 7) is 0.537. The van der Waals surface area contributed by atoms with Crippen molar-refractivity contribution in [3.05, 3.63) is 114 Å². The lowest BCUT2D eigenvalue weighted by Crippen LogP contribution is -2.23. The normalized spacial score (nSPS) is 11.0. The van der Waals surface area contributed by atoms with E-state index in [1.54, 1.807) is 18.2 Å². The molecule has 0 spiro atoms. The standard InChI is InChI=1S/C24H22FNO/c25-23-14-8-7-13-21(23)15-16-24(27)26-18-17-22(19-9-3-1-4-10-19)20-11-5-2-6-12-20/h1-16,22H,17-18H2,(H,26,27)/b16-15+. The van der Waals surface area contributed by atoms with Crippen molar-refractivity contribution in [3.63, 3.8) is 0 Å². The molecular weight excluding hydrogens is 337 g/mol. The third-order valence-corrected chi connectivity index (χ3v) is 4.46. The number of rotatable bonds is 7. The minimum absolute atomic E-state index is 0.211. The number of hydrogen-bond donors (Lipinski definition) is 1. The van der Waals surface area contributed by atoms with Crippen molar-refractivity contribution in [1.82, 2.24) is 5.32 Å². The lowest BCUT2D eigenvalue weighted by atomic mass is 9.88. The molecule has 3 heteroatoms. The molecule has 0 aromatic heterocycles. The third kappa shape index (κ3) is 5.38. The van der Waals surface area contributed by atoms with Gasteiger partial charge in [-0.25, -0.2) is 4.39 Å². The van der Waals surface area contributed by atoms with Gasteiger partial charge in [-0.2, -0.15) is 0 Å². The fourth-order valence-electron chi connectivity index (χ4n) is 3.07. The molecule has 3 aromatic carbocycles. The van der Waals surface area contributed by atoms with E-state index < -0.39 is 0 Å². The summed E-state index contributed by atoms with van der Waals surface area (Å²) in [4.78, 5) is 12.1. The second-order valence-electron chi connectivity index (χ2n) is 6.31. The van der Waals surface area contributed by atoms with Crippen LogP contribution in [0, 0.1) is 5.82 Å². The molecule has 0 heterocycles. The van der Waals surface area contributed by atoms with Gasteiger partial charge in [0.2, 0.25) is 5.91 Å². The van der Waals surface area contributed by atoms with Gasteiger partial charge in [0.05, 0.1) is 0 Å². The highest BCUT2D eigenvalue weighted by molar-refractivity contribution is 5.91. The molecule has 0 bridgehead atoms. The van der Waals surface area contributed by atoms with E-state index in [1.165, 1.54) is 29.3 Å². The summed E-state index contributed by atoms with van der Waals surface area (Å²) in [5.41, 5.74) is 2.85. The SMILES string of the molecule is O=C(/C=C/c1ccccc1F)NCCC(c1ccccc1)c1ccccc1. The predicted molar refractivity (Wildman–Crippen MR) is 108 cm³/mol. The Morgan fingerprint density at radius 2 is 1.41 bits per heavy atom. The molecule has 0 radical (unpaired) electrons. The van der Waals surface area contributed by atoms with Crippen molar-refractivity contribution in [2.75, 3.05) is 6.54 Å². The van der Waals surface area contributed by atoms with Crippen LogP contribution < -0.4 is 5.32 Å². The summed E-state index contributed by atoms with van der Waals surface area (Å²) < 4.78 is 13.6. The van der Waals surface area contributed by atoms with Gasteiger partial charge >= 0.3 is 0 Å². The van der Waals surface area contributed by atoms with Crippen molar-refractivity contribution < 1.29 is 9.18 Å². The van der Waals surface area contributed by atoms with Crippen LogP contribution in [0.25, 0.3) is 6.08 Å². The Bertz CT molecular complexity index is 851. The molecule has 2 nitrogen and oxygen atoms in total. The average Bonchev–Trinajstić information content (AvgIpc) is 2.72. The first-order valence-corrected chi connectivity index (χ1v) is 9.04. The minimum atomic E-state index is -0.338. The fourth-order valence-corrected chi connectivity index (χ4v) is 3.07. The topological polar surface area (TPSA) is 29.1 Å². The number of hydrogen-bond acceptors (Lipinski definition) is 1. The van der Waals surface area contributed by atoms with Crippen LogP contribution in [0.4, 0.5) is 4.39 Å². The Balaban J connectivity index is 1.61. The zero-order valence-electron chi connectivity index (χ0n) is 15.0. The lowest BCUT2D eigenvalue weighted by molar-refractivity contribution is -0.116. The van der Waals surface area contributed by atoms with Gasteiger partial charge in [-0.05, 0) is 29.7 Å². The molecule has 0 unspecified atom stereocenters. The smallest absolute Gasteiger partial charge is 0.244 e. The number of amides is 1. The van der Waals surface area contributed by atoms with Gasteiger partial charge < -0.3 is 5.32 Å². The van der Waals surface area contributed by atoms with Gasteiger partial charge in [0, 0.05) is 24.1 Å². The molecule has 3 rings (SSSR count). The third-order valence-electron chi connectivity index (χ3n) is 4.46. The van der Waals surface area contributed by atoms with Gasteiger partial charge in [0.1, 0.15) is 5.82 Å². The van der Waals surface area contributed by atoms with E-state index in [0.29, 0.717) is 12.1 Å². The average molecular weight is 359 g/mol. The molecule has 0 aliphatic rings. The largest absolute Gasteiger partial charge is 0.353 e. The summed E-state index contributed by atoms with van der Waals surface area (Å²) in [5, 5.41) is 2.89. The van der Waals surface area contributed by atoms with Crippen LogP contribution in [0.3, 0.4) is 0 Å². The van der Waals surface area contributed by atoms with E-state index in [2.05, 4.69) is 29.6 Å². The quantitative estimate of drug-likeness (QED) is 0.579. The molecule has 1 N–H and O–H groups in total. The van der Waals surface area contributed by atoms with E-state index in [9.17, 15) is 9.18 Å². The van der Waals surface area contributed by atoms with Crippen LogP contribution in [0.2, 0.25) is 0 Å². The first-order chi connectivity index (χ1) is 13.2. The first-order valence-electron chi connectivity index (χ1n) is 9.04. The molecule has 3 aromatic rings. The van der Waals surface area contributed by atoms with Crippen LogP contribution in [-0.4, -0.2) is 12.5 Å². The van der Waals surface area contributed by atoms with Gasteiger partial charge in [-0.3, -0.25) is 4.79 Å². The highest BCUT2D eigenvalue weighted by Crippen LogP contribution is 2.27. The van der Waals surface area contributed by atoms with Gasteiger partial charge in [-0.15, -0.1) is 0 Å². The molecule has 0 aliphatic heterocycles. The number of halogens is 1. The van der Waals surface area contributed by atoms with Crippen molar-refractivity contribution in [2.45, 2.75) is 12.3 Å². The van der Waals surface area contributed by atoms with Crippen molar-refractivity contribution in [3.8, 4) is 0 Å². The summed E-state index contributed by atoms with van der Waals surface area (Å²) >= 11 is 0. The first kappa shape index (κ1) is 18.6. The second-order valence-corrected chi connectivity index (χ2v) is 6.31. The van der Waals surface area contributed by atoms with Crippen LogP contribution in [0.1, 0.15) is 29.0 Å². The number of carbonyl (C=O) groups excluding carboxylic acids is 1. The van der Waals surface area contributed by atoms with Crippen LogP contribution >= 0.6 is 0 Å². The van der Waals surface area contributed by atoms with E-state index in [4.69, 9.17) is 0 Å². The van der Waals surface area contributed by atoms with Gasteiger partial charge in [0.15, 0.2) is 0 Å². The second kappa shape index (κ2) is 9.48. The Morgan fingerprint density at radius 1 is 0.852 bits per heavy atom. The molecule has 0 saturated carbocycles. The van der Waals surface area contributed by atoms with E-state index in [0.717, 1.165) is 6.42 Å². The number of benzene rings is 3. The minimum Gasteiger partial charge on any atom is -0.353 e. The lowest BCUT2D eigenvalue weighted by Gasteiger charge is -2.18. The Labute approximate surface area is 159 Å². The van der Waals surface area contributed by atoms with E-state index in [-0.39, 0.29) is 17.6 Å². The summed E-state index contributed by atoms with van der Waals surface area (Å²) in [5.74, 6) is -0.351. The summed E-state index contributed by atoms with van der Waals surface area (Å²) in [6.07, 6.45) is 3.66. The maximum absolute atomic E-state index is 13.6. The van der Waals surface area contributed by atoms with Crippen molar-refractivity contribution in [1.29, 1.82) is 0 Å². The zero-order valence-corrected chi connectivity index (χ0v) is 15.0. The van der Waals surface area contributed by atoms with E-state index in [1.807, 2.05) is 36.4 Å². The Kier molecular flexibility index (Phi) is 6.53. The van der Waals surface area contributed by atoms with Crippen LogP contribution in [-0.2, 0) is 4.79 Å². The van der Waals surface area contributed by atoms with Crippen molar-refractivity contribution in [2.24, 2.45) is 0 Å². The zero-order chi connectivity index (χ0) is 18.9. The number of nitrogens with one attached hydrogen (secondary N) is 1.